The second-order valence-electron chi connectivity index (χ2n) is 4.90. The molecule has 1 aliphatic rings. The highest BCUT2D eigenvalue weighted by Gasteiger charge is 2.24. The molecule has 0 saturated carbocycles. The van der Waals surface area contributed by atoms with Crippen LogP contribution in [0, 0.1) is 5.92 Å². The van der Waals surface area contributed by atoms with Gasteiger partial charge in [-0.25, -0.2) is 0 Å². The van der Waals surface area contributed by atoms with E-state index in [0.29, 0.717) is 5.92 Å². The van der Waals surface area contributed by atoms with Crippen LogP contribution < -0.4 is 11.5 Å². The number of nitrogens with two attached hydrogens (primary N) is 2. The van der Waals surface area contributed by atoms with Crippen LogP contribution in [-0.4, -0.2) is 31.1 Å². The molecule has 1 aromatic rings. The summed E-state index contributed by atoms with van der Waals surface area (Å²) in [7, 11) is 0. The van der Waals surface area contributed by atoms with Gasteiger partial charge in [0.15, 0.2) is 0 Å². The second kappa shape index (κ2) is 6.15. The van der Waals surface area contributed by atoms with Gasteiger partial charge in [0.05, 0.1) is 0 Å². The predicted molar refractivity (Wildman–Crippen MR) is 71.6 cm³/mol. The number of likely N-dealkylation sites (tertiary alicyclic amines) is 1. The molecule has 94 valence electrons. The van der Waals surface area contributed by atoms with Crippen LogP contribution in [0.25, 0.3) is 0 Å². The van der Waals surface area contributed by atoms with Crippen LogP contribution in [0.2, 0.25) is 0 Å². The van der Waals surface area contributed by atoms with Crippen LogP contribution in [0.3, 0.4) is 0 Å². The van der Waals surface area contributed by atoms with E-state index in [-0.39, 0.29) is 6.04 Å². The normalized spacial score (nSPS) is 20.4. The Morgan fingerprint density at radius 3 is 2.41 bits per heavy atom. The minimum absolute atomic E-state index is 0.191. The molecular formula is C14H23N3. The Hall–Kier alpha value is -0.900. The van der Waals surface area contributed by atoms with Gasteiger partial charge in [0, 0.05) is 19.1 Å². The first-order valence-corrected chi connectivity index (χ1v) is 6.54. The number of hydrogen-bond donors (Lipinski definition) is 2. The lowest BCUT2D eigenvalue weighted by Crippen LogP contribution is -2.39. The summed E-state index contributed by atoms with van der Waals surface area (Å²) in [5.74, 6) is 0.617. The van der Waals surface area contributed by atoms with Crippen LogP contribution in [0.4, 0.5) is 0 Å². The predicted octanol–water partition coefficient (Wildman–Crippen LogP) is 1.36. The lowest BCUT2D eigenvalue weighted by molar-refractivity contribution is 0.173. The standard InChI is InChI=1S/C14H23N3/c15-8-11-17-9-6-13(7-10-17)14(16)12-4-2-1-3-5-12/h1-5,13-14H,6-11,15-16H2. The number of rotatable bonds is 4. The number of hydrogen-bond acceptors (Lipinski definition) is 3. The van der Waals surface area contributed by atoms with E-state index in [9.17, 15) is 0 Å². The SMILES string of the molecule is NCCN1CCC(C(N)c2ccccc2)CC1. The van der Waals surface area contributed by atoms with E-state index in [0.717, 1.165) is 26.2 Å². The quantitative estimate of drug-likeness (QED) is 0.825. The fourth-order valence-electron chi connectivity index (χ4n) is 2.67. The third kappa shape index (κ3) is 3.28. The maximum absolute atomic E-state index is 6.35. The minimum Gasteiger partial charge on any atom is -0.329 e. The molecule has 3 heteroatoms. The van der Waals surface area contributed by atoms with Gasteiger partial charge in [0.1, 0.15) is 0 Å². The molecule has 1 fully saturated rings. The Morgan fingerprint density at radius 1 is 1.18 bits per heavy atom. The van der Waals surface area contributed by atoms with Crippen molar-refractivity contribution in [3.63, 3.8) is 0 Å². The van der Waals surface area contributed by atoms with Crippen molar-refractivity contribution >= 4 is 0 Å². The number of piperidine rings is 1. The molecule has 17 heavy (non-hydrogen) atoms. The van der Waals surface area contributed by atoms with Crippen molar-refractivity contribution in [1.29, 1.82) is 0 Å². The van der Waals surface area contributed by atoms with Gasteiger partial charge in [-0.1, -0.05) is 30.3 Å². The lowest BCUT2D eigenvalue weighted by Gasteiger charge is -2.34. The molecule has 1 saturated heterocycles. The molecule has 0 radical (unpaired) electrons. The second-order valence-corrected chi connectivity index (χ2v) is 4.90. The summed E-state index contributed by atoms with van der Waals surface area (Å²) in [6.45, 7) is 4.06. The van der Waals surface area contributed by atoms with Crippen molar-refractivity contribution in [2.75, 3.05) is 26.2 Å². The smallest absolute Gasteiger partial charge is 0.0324 e. The average molecular weight is 233 g/mol. The Kier molecular flexibility index (Phi) is 4.54. The van der Waals surface area contributed by atoms with Gasteiger partial charge < -0.3 is 16.4 Å². The first-order valence-electron chi connectivity index (χ1n) is 6.54. The maximum atomic E-state index is 6.35. The first kappa shape index (κ1) is 12.6. The van der Waals surface area contributed by atoms with E-state index in [1.165, 1.54) is 18.4 Å². The molecule has 2 rings (SSSR count). The zero-order chi connectivity index (χ0) is 12.1. The molecule has 3 nitrogen and oxygen atoms in total. The molecule has 0 amide bonds. The van der Waals surface area contributed by atoms with Crippen molar-refractivity contribution in [3.8, 4) is 0 Å². The fourth-order valence-corrected chi connectivity index (χ4v) is 2.67. The van der Waals surface area contributed by atoms with Crippen molar-refractivity contribution < 1.29 is 0 Å². The third-order valence-corrected chi connectivity index (χ3v) is 3.77. The van der Waals surface area contributed by atoms with E-state index in [2.05, 4.69) is 29.2 Å². The zero-order valence-corrected chi connectivity index (χ0v) is 10.4. The van der Waals surface area contributed by atoms with Crippen molar-refractivity contribution in [2.45, 2.75) is 18.9 Å². The van der Waals surface area contributed by atoms with E-state index >= 15 is 0 Å². The van der Waals surface area contributed by atoms with Crippen LogP contribution in [0.5, 0.6) is 0 Å². The molecule has 1 aromatic carbocycles. The Balaban J connectivity index is 1.88. The van der Waals surface area contributed by atoms with E-state index < -0.39 is 0 Å². The van der Waals surface area contributed by atoms with Crippen molar-refractivity contribution in [1.82, 2.24) is 4.90 Å². The molecule has 0 spiro atoms. The molecule has 1 aliphatic heterocycles. The summed E-state index contributed by atoms with van der Waals surface area (Å²) in [5, 5.41) is 0. The van der Waals surface area contributed by atoms with E-state index in [1.807, 2.05) is 6.07 Å². The molecule has 4 N–H and O–H groups in total. The van der Waals surface area contributed by atoms with Gasteiger partial charge in [-0.2, -0.15) is 0 Å². The van der Waals surface area contributed by atoms with Gasteiger partial charge in [0.2, 0.25) is 0 Å². The van der Waals surface area contributed by atoms with Gasteiger partial charge >= 0.3 is 0 Å². The molecular weight excluding hydrogens is 210 g/mol. The highest BCUT2D eigenvalue weighted by molar-refractivity contribution is 5.19. The van der Waals surface area contributed by atoms with Crippen LogP contribution in [-0.2, 0) is 0 Å². The highest BCUT2D eigenvalue weighted by Crippen LogP contribution is 2.28. The number of nitrogens with zero attached hydrogens (tertiary/aromatic N) is 1. The number of benzene rings is 1. The summed E-state index contributed by atoms with van der Waals surface area (Å²) in [5.41, 5.74) is 13.2. The lowest BCUT2D eigenvalue weighted by atomic mass is 9.86. The topological polar surface area (TPSA) is 55.3 Å². The van der Waals surface area contributed by atoms with Crippen molar-refractivity contribution in [3.05, 3.63) is 35.9 Å². The van der Waals surface area contributed by atoms with Gasteiger partial charge in [-0.3, -0.25) is 0 Å². The zero-order valence-electron chi connectivity index (χ0n) is 10.4. The molecule has 0 aromatic heterocycles. The van der Waals surface area contributed by atoms with Crippen LogP contribution in [0.1, 0.15) is 24.4 Å². The summed E-state index contributed by atoms with van der Waals surface area (Å²) in [6.07, 6.45) is 2.38. The minimum atomic E-state index is 0.191. The van der Waals surface area contributed by atoms with Gasteiger partial charge in [-0.05, 0) is 37.4 Å². The van der Waals surface area contributed by atoms with E-state index in [1.54, 1.807) is 0 Å². The summed E-state index contributed by atoms with van der Waals surface area (Å²) in [6, 6.07) is 10.6. The average Bonchev–Trinajstić information content (AvgIpc) is 2.40. The summed E-state index contributed by atoms with van der Waals surface area (Å²) in [4.78, 5) is 2.44. The maximum Gasteiger partial charge on any atom is 0.0324 e. The molecule has 1 heterocycles. The Morgan fingerprint density at radius 2 is 1.82 bits per heavy atom. The van der Waals surface area contributed by atoms with Crippen molar-refractivity contribution in [2.24, 2.45) is 17.4 Å². The molecule has 0 bridgehead atoms. The summed E-state index contributed by atoms with van der Waals surface area (Å²) >= 11 is 0. The van der Waals surface area contributed by atoms with Crippen LogP contribution in [0.15, 0.2) is 30.3 Å². The van der Waals surface area contributed by atoms with E-state index in [4.69, 9.17) is 11.5 Å². The molecule has 1 unspecified atom stereocenters. The third-order valence-electron chi connectivity index (χ3n) is 3.77. The highest BCUT2D eigenvalue weighted by atomic mass is 15.1. The summed E-state index contributed by atoms with van der Waals surface area (Å²) < 4.78 is 0. The fraction of sp³-hybridized carbons (Fsp3) is 0.571. The van der Waals surface area contributed by atoms with Gasteiger partial charge in [-0.15, -0.1) is 0 Å². The van der Waals surface area contributed by atoms with Gasteiger partial charge in [0.25, 0.3) is 0 Å². The monoisotopic (exact) mass is 233 g/mol. The molecule has 0 aliphatic carbocycles. The Bertz CT molecular complexity index is 317. The molecule has 1 atom stereocenters. The first-order chi connectivity index (χ1) is 8.31. The van der Waals surface area contributed by atoms with Crippen LogP contribution >= 0.6 is 0 Å². The largest absolute Gasteiger partial charge is 0.329 e. The Labute approximate surface area is 104 Å².